The van der Waals surface area contributed by atoms with Crippen molar-refractivity contribution in [3.05, 3.63) is 57.4 Å². The number of carbonyl (C=O) groups excluding carboxylic acids is 1. The molecule has 0 atom stereocenters. The highest BCUT2D eigenvalue weighted by Gasteiger charge is 2.26. The fourth-order valence-corrected chi connectivity index (χ4v) is 6.42. The largest absolute Gasteiger partial charge is 0.379 e. The fraction of sp³-hybridized carbons (Fsp3) is 0.300. The summed E-state index contributed by atoms with van der Waals surface area (Å²) in [6, 6.07) is 10.3. The molecule has 1 aliphatic heterocycles. The van der Waals surface area contributed by atoms with E-state index in [4.69, 9.17) is 16.3 Å². The second-order valence-electron chi connectivity index (χ2n) is 6.86. The highest BCUT2D eigenvalue weighted by Crippen LogP contribution is 2.33. The van der Waals surface area contributed by atoms with Gasteiger partial charge in [-0.1, -0.05) is 23.7 Å². The molecule has 3 heterocycles. The van der Waals surface area contributed by atoms with Crippen LogP contribution in [0.3, 0.4) is 0 Å². The lowest BCUT2D eigenvalue weighted by Gasteiger charge is -2.26. The van der Waals surface area contributed by atoms with Gasteiger partial charge in [-0.3, -0.25) is 4.79 Å². The van der Waals surface area contributed by atoms with E-state index in [0.29, 0.717) is 42.9 Å². The molecule has 1 fully saturated rings. The number of halogens is 1. The lowest BCUT2D eigenvalue weighted by Crippen LogP contribution is -2.40. The van der Waals surface area contributed by atoms with E-state index >= 15 is 0 Å². The van der Waals surface area contributed by atoms with Gasteiger partial charge in [0.05, 0.1) is 39.4 Å². The number of amides is 1. The average molecular weight is 498 g/mol. The number of morpholine rings is 1. The molecule has 0 aliphatic carbocycles. The molecule has 7 nitrogen and oxygen atoms in total. The Morgan fingerprint density at radius 2 is 1.90 bits per heavy atom. The maximum Gasteiger partial charge on any atom is 0.243 e. The van der Waals surface area contributed by atoms with Gasteiger partial charge < -0.3 is 10.1 Å². The minimum atomic E-state index is -3.52. The third-order valence-corrected chi connectivity index (χ3v) is 8.90. The molecule has 0 radical (unpaired) electrons. The summed E-state index contributed by atoms with van der Waals surface area (Å²) in [4.78, 5) is 18.0. The summed E-state index contributed by atoms with van der Waals surface area (Å²) >= 11 is 8.90. The van der Waals surface area contributed by atoms with Gasteiger partial charge in [0.2, 0.25) is 15.9 Å². The summed E-state index contributed by atoms with van der Waals surface area (Å²) in [5.74, 6) is -0.147. The SMILES string of the molecule is O=C(Cc1csc(-c2ccc(Cl)s2)n1)NCc1ccc(S(=O)(=O)N2CCOCC2)cc1. The Hall–Kier alpha value is -1.82. The lowest BCUT2D eigenvalue weighted by atomic mass is 10.2. The smallest absolute Gasteiger partial charge is 0.243 e. The molecule has 3 aromatic rings. The summed E-state index contributed by atoms with van der Waals surface area (Å²) < 4.78 is 32.7. The summed E-state index contributed by atoms with van der Waals surface area (Å²) in [7, 11) is -3.52. The van der Waals surface area contributed by atoms with Crippen LogP contribution in [0.15, 0.2) is 46.7 Å². The van der Waals surface area contributed by atoms with E-state index < -0.39 is 10.0 Å². The minimum absolute atomic E-state index is 0.147. The maximum absolute atomic E-state index is 12.7. The molecule has 11 heteroatoms. The number of rotatable bonds is 7. The quantitative estimate of drug-likeness (QED) is 0.540. The summed E-state index contributed by atoms with van der Waals surface area (Å²) in [5.41, 5.74) is 1.52. The van der Waals surface area contributed by atoms with E-state index in [-0.39, 0.29) is 17.2 Å². The Bertz CT molecular complexity index is 1150. The van der Waals surface area contributed by atoms with Crippen molar-refractivity contribution in [1.29, 1.82) is 0 Å². The number of thiazole rings is 1. The van der Waals surface area contributed by atoms with Crippen LogP contribution in [0.5, 0.6) is 0 Å². The van der Waals surface area contributed by atoms with Crippen molar-refractivity contribution in [2.45, 2.75) is 17.9 Å². The van der Waals surface area contributed by atoms with E-state index in [1.54, 1.807) is 24.3 Å². The highest BCUT2D eigenvalue weighted by molar-refractivity contribution is 7.89. The number of hydrogen-bond acceptors (Lipinski definition) is 7. The van der Waals surface area contributed by atoms with Gasteiger partial charge in [0, 0.05) is 25.0 Å². The van der Waals surface area contributed by atoms with Crippen LogP contribution in [0.4, 0.5) is 0 Å². The molecule has 1 saturated heterocycles. The zero-order valence-electron chi connectivity index (χ0n) is 16.4. The van der Waals surface area contributed by atoms with Gasteiger partial charge in [0.1, 0.15) is 5.01 Å². The Kier molecular flexibility index (Phi) is 7.05. The van der Waals surface area contributed by atoms with Crippen LogP contribution in [0.25, 0.3) is 9.88 Å². The predicted octanol–water partition coefficient (Wildman–Crippen LogP) is 3.40. The monoisotopic (exact) mass is 497 g/mol. The van der Waals surface area contributed by atoms with Crippen LogP contribution < -0.4 is 5.32 Å². The van der Waals surface area contributed by atoms with Crippen molar-refractivity contribution in [3.63, 3.8) is 0 Å². The Balaban J connectivity index is 1.31. The summed E-state index contributed by atoms with van der Waals surface area (Å²) in [5, 5.41) is 5.57. The van der Waals surface area contributed by atoms with Gasteiger partial charge in [-0.25, -0.2) is 13.4 Å². The van der Waals surface area contributed by atoms with E-state index in [9.17, 15) is 13.2 Å². The van der Waals surface area contributed by atoms with Crippen LogP contribution in [0.2, 0.25) is 4.34 Å². The minimum Gasteiger partial charge on any atom is -0.379 e. The number of carbonyl (C=O) groups is 1. The first-order valence-corrected chi connectivity index (χ1v) is 13.1. The summed E-state index contributed by atoms with van der Waals surface area (Å²) in [6.45, 7) is 1.85. The van der Waals surface area contributed by atoms with E-state index in [0.717, 1.165) is 15.4 Å². The average Bonchev–Trinajstić information content (AvgIpc) is 3.42. The van der Waals surface area contributed by atoms with Gasteiger partial charge in [-0.2, -0.15) is 4.31 Å². The zero-order valence-corrected chi connectivity index (χ0v) is 19.6. The molecule has 1 aliphatic rings. The van der Waals surface area contributed by atoms with Crippen molar-refractivity contribution < 1.29 is 17.9 Å². The number of nitrogens with zero attached hydrogens (tertiary/aromatic N) is 2. The van der Waals surface area contributed by atoms with E-state index in [1.165, 1.54) is 27.0 Å². The van der Waals surface area contributed by atoms with Gasteiger partial charge in [0.25, 0.3) is 0 Å². The molecule has 1 N–H and O–H groups in total. The van der Waals surface area contributed by atoms with Gasteiger partial charge in [-0.15, -0.1) is 22.7 Å². The second kappa shape index (κ2) is 9.76. The molecule has 0 saturated carbocycles. The number of sulfonamides is 1. The van der Waals surface area contributed by atoms with Gasteiger partial charge >= 0.3 is 0 Å². The highest BCUT2D eigenvalue weighted by atomic mass is 35.5. The molecule has 0 unspecified atom stereocenters. The normalized spacial score (nSPS) is 15.1. The number of aromatic nitrogens is 1. The van der Waals surface area contributed by atoms with Gasteiger partial charge in [-0.05, 0) is 29.8 Å². The molecule has 164 valence electrons. The molecule has 31 heavy (non-hydrogen) atoms. The molecular formula is C20H20ClN3O4S3. The number of nitrogens with one attached hydrogen (secondary N) is 1. The van der Waals surface area contributed by atoms with Gasteiger partial charge in [0.15, 0.2) is 0 Å². The first-order valence-electron chi connectivity index (χ1n) is 9.55. The maximum atomic E-state index is 12.7. The lowest BCUT2D eigenvalue weighted by molar-refractivity contribution is -0.120. The Labute approximate surface area is 193 Å². The molecule has 1 aromatic carbocycles. The van der Waals surface area contributed by atoms with E-state index in [2.05, 4.69) is 10.3 Å². The van der Waals surface area contributed by atoms with Crippen molar-refractivity contribution in [2.75, 3.05) is 26.3 Å². The number of hydrogen-bond donors (Lipinski definition) is 1. The fourth-order valence-electron chi connectivity index (χ4n) is 3.07. The zero-order chi connectivity index (χ0) is 21.8. The first kappa shape index (κ1) is 22.4. The number of benzene rings is 1. The second-order valence-corrected chi connectivity index (χ2v) is 11.4. The first-order chi connectivity index (χ1) is 14.9. The summed E-state index contributed by atoms with van der Waals surface area (Å²) in [6.07, 6.45) is 0.180. The molecule has 1 amide bonds. The van der Waals surface area contributed by atoms with Crippen LogP contribution in [-0.4, -0.2) is 49.9 Å². The molecule has 0 spiro atoms. The van der Waals surface area contributed by atoms with Crippen molar-refractivity contribution in [3.8, 4) is 9.88 Å². The van der Waals surface area contributed by atoms with Crippen LogP contribution in [0.1, 0.15) is 11.3 Å². The third kappa shape index (κ3) is 5.51. The van der Waals surface area contributed by atoms with Crippen LogP contribution >= 0.6 is 34.3 Å². The molecule has 4 rings (SSSR count). The number of thiophene rings is 1. The van der Waals surface area contributed by atoms with Crippen molar-refractivity contribution in [1.82, 2.24) is 14.6 Å². The molecule has 0 bridgehead atoms. The van der Waals surface area contributed by atoms with Crippen LogP contribution in [-0.2, 0) is 32.5 Å². The van der Waals surface area contributed by atoms with Crippen molar-refractivity contribution >= 4 is 50.2 Å². The Morgan fingerprint density at radius 1 is 1.16 bits per heavy atom. The van der Waals surface area contributed by atoms with E-state index in [1.807, 2.05) is 17.5 Å². The third-order valence-electron chi connectivity index (χ3n) is 4.70. The molecular weight excluding hydrogens is 478 g/mol. The Morgan fingerprint density at radius 3 is 2.58 bits per heavy atom. The predicted molar refractivity (Wildman–Crippen MR) is 122 cm³/mol. The topological polar surface area (TPSA) is 88.6 Å². The van der Waals surface area contributed by atoms with Crippen LogP contribution in [0, 0.1) is 0 Å². The number of ether oxygens (including phenoxy) is 1. The molecule has 2 aromatic heterocycles. The standard InChI is InChI=1S/C20H20ClN3O4S3/c21-18-6-5-17(30-18)20-23-15(13-29-20)11-19(25)22-12-14-1-3-16(4-2-14)31(26,27)24-7-9-28-10-8-24/h1-6,13H,7-12H2,(H,22,25). The van der Waals surface area contributed by atoms with Crippen molar-refractivity contribution in [2.24, 2.45) is 0 Å².